The van der Waals surface area contributed by atoms with Gasteiger partial charge in [-0.2, -0.15) is 0 Å². The van der Waals surface area contributed by atoms with Crippen LogP contribution < -0.4 is 4.74 Å². The van der Waals surface area contributed by atoms with Crippen LogP contribution in [0, 0.1) is 6.92 Å². The first kappa shape index (κ1) is 32.2. The van der Waals surface area contributed by atoms with Crippen molar-refractivity contribution in [2.24, 2.45) is 0 Å². The van der Waals surface area contributed by atoms with Crippen LogP contribution in [0.4, 0.5) is 0 Å². The summed E-state index contributed by atoms with van der Waals surface area (Å²) in [6.07, 6.45) is 0. The molecule has 0 bridgehead atoms. The van der Waals surface area contributed by atoms with E-state index in [0.717, 1.165) is 5.75 Å². The molecule has 1 nitrogen and oxygen atoms in total. The predicted molar refractivity (Wildman–Crippen MR) is 240 cm³/mol. The molecule has 0 amide bonds. The summed E-state index contributed by atoms with van der Waals surface area (Å²) in [4.78, 5) is 0. The summed E-state index contributed by atoms with van der Waals surface area (Å²) in [5.41, 5.74) is 11.1. The van der Waals surface area contributed by atoms with Crippen LogP contribution in [0.5, 0.6) is 5.75 Å². The summed E-state index contributed by atoms with van der Waals surface area (Å²) in [6.45, 7) is 2.17. The fraction of sp³-hybridized carbons (Fsp3) is 0.0385. The molecule has 0 N–H and O–H groups in total. The van der Waals surface area contributed by atoms with Gasteiger partial charge in [-0.05, 0) is 142 Å². The van der Waals surface area contributed by atoms with Gasteiger partial charge in [0.25, 0.3) is 0 Å². The van der Waals surface area contributed by atoms with Crippen LogP contribution in [0.3, 0.4) is 0 Å². The second-order valence-electron chi connectivity index (χ2n) is 14.4. The summed E-state index contributed by atoms with van der Waals surface area (Å²) in [6, 6.07) is 58.7. The van der Waals surface area contributed by atoms with Gasteiger partial charge >= 0.3 is 0 Å². The third kappa shape index (κ3) is 4.97. The van der Waals surface area contributed by atoms with Gasteiger partial charge in [0.2, 0.25) is 0 Å². The molecule has 0 aliphatic carbocycles. The summed E-state index contributed by atoms with van der Waals surface area (Å²) < 4.78 is 8.30. The number of benzene rings is 9. The third-order valence-electron chi connectivity index (χ3n) is 11.4. The van der Waals surface area contributed by atoms with E-state index in [1.807, 2.05) is 22.7 Å². The average molecular weight is 739 g/mol. The smallest absolute Gasteiger partial charge is 0.118 e. The first-order valence-electron chi connectivity index (χ1n) is 18.7. The van der Waals surface area contributed by atoms with E-state index in [4.69, 9.17) is 4.74 Å². The third-order valence-corrected chi connectivity index (χ3v) is 13.3. The zero-order valence-electron chi connectivity index (χ0n) is 30.4. The largest absolute Gasteiger partial charge is 0.497 e. The van der Waals surface area contributed by atoms with E-state index in [1.165, 1.54) is 113 Å². The van der Waals surface area contributed by atoms with Gasteiger partial charge in [-0.15, -0.1) is 22.7 Å². The predicted octanol–water partition coefficient (Wildman–Crippen LogP) is 15.7. The van der Waals surface area contributed by atoms with Crippen LogP contribution >= 0.6 is 22.7 Å². The Balaban J connectivity index is 1.44. The fourth-order valence-electron chi connectivity index (χ4n) is 8.87. The van der Waals surface area contributed by atoms with Crippen molar-refractivity contribution in [1.29, 1.82) is 0 Å². The molecule has 11 rings (SSSR count). The molecule has 0 radical (unpaired) electrons. The molecule has 0 atom stereocenters. The van der Waals surface area contributed by atoms with Crippen molar-refractivity contribution >= 4 is 85.9 Å². The van der Waals surface area contributed by atoms with Crippen LogP contribution in [0.1, 0.15) is 5.56 Å². The molecule has 0 fully saturated rings. The quantitative estimate of drug-likeness (QED) is 0.126. The standard InChI is InChI=1S/C52H34OS2/c1-31-13-15-34(16-14-31)45-39-23-19-36-25-27-54-51(36)49(39)43-30-44-42(29-41(43)47(45)32-9-5-3-6-10-32)48(33-11-7-4-8-12-33)46(35-17-21-38(53-2)22-18-35)40-24-20-37-26-28-55-52(37)50(40)44/h3-30H,1-2H3. The molecule has 0 unspecified atom stereocenters. The van der Waals surface area contributed by atoms with Crippen LogP contribution in [-0.4, -0.2) is 7.11 Å². The van der Waals surface area contributed by atoms with Crippen molar-refractivity contribution in [3.63, 3.8) is 0 Å². The zero-order valence-corrected chi connectivity index (χ0v) is 32.0. The van der Waals surface area contributed by atoms with Crippen molar-refractivity contribution in [3.8, 4) is 50.3 Å². The molecule has 11 aromatic rings. The lowest BCUT2D eigenvalue weighted by atomic mass is 9.80. The van der Waals surface area contributed by atoms with E-state index in [0.29, 0.717) is 0 Å². The van der Waals surface area contributed by atoms with Gasteiger partial charge in [0.1, 0.15) is 5.75 Å². The summed E-state index contributed by atoms with van der Waals surface area (Å²) in [5.74, 6) is 0.852. The highest BCUT2D eigenvalue weighted by molar-refractivity contribution is 7.18. The summed E-state index contributed by atoms with van der Waals surface area (Å²) in [7, 11) is 1.73. The normalized spacial score (nSPS) is 11.8. The highest BCUT2D eigenvalue weighted by Gasteiger charge is 2.24. The fourth-order valence-corrected chi connectivity index (χ4v) is 10.8. The maximum Gasteiger partial charge on any atom is 0.118 e. The molecule has 0 saturated carbocycles. The van der Waals surface area contributed by atoms with E-state index >= 15 is 0 Å². The molecule has 0 aliphatic heterocycles. The average Bonchev–Trinajstić information content (AvgIpc) is 3.93. The van der Waals surface area contributed by atoms with Crippen LogP contribution in [-0.2, 0) is 0 Å². The molecule has 3 heteroatoms. The first-order chi connectivity index (χ1) is 27.2. The number of thiophene rings is 2. The molecule has 2 heterocycles. The van der Waals surface area contributed by atoms with Crippen molar-refractivity contribution in [2.75, 3.05) is 7.11 Å². The zero-order chi connectivity index (χ0) is 36.6. The number of ether oxygens (including phenoxy) is 1. The van der Waals surface area contributed by atoms with E-state index in [1.54, 1.807) is 7.11 Å². The van der Waals surface area contributed by atoms with Crippen LogP contribution in [0.2, 0.25) is 0 Å². The van der Waals surface area contributed by atoms with Crippen molar-refractivity contribution in [1.82, 2.24) is 0 Å². The topological polar surface area (TPSA) is 9.23 Å². The van der Waals surface area contributed by atoms with Gasteiger partial charge < -0.3 is 4.74 Å². The molecule has 0 aliphatic rings. The lowest BCUT2D eigenvalue weighted by Crippen LogP contribution is -1.95. The van der Waals surface area contributed by atoms with E-state index in [-0.39, 0.29) is 0 Å². The molecule has 2 aromatic heterocycles. The Hall–Kier alpha value is -6.26. The minimum atomic E-state index is 0.852. The number of rotatable bonds is 5. The molecule has 0 spiro atoms. The second kappa shape index (κ2) is 12.7. The number of methoxy groups -OCH3 is 1. The van der Waals surface area contributed by atoms with Gasteiger partial charge in [-0.3, -0.25) is 0 Å². The highest BCUT2D eigenvalue weighted by atomic mass is 32.1. The monoisotopic (exact) mass is 738 g/mol. The Bertz CT molecular complexity index is 3260. The summed E-state index contributed by atoms with van der Waals surface area (Å²) >= 11 is 3.69. The Morgan fingerprint density at radius 3 is 1.27 bits per heavy atom. The van der Waals surface area contributed by atoms with Crippen LogP contribution in [0.15, 0.2) is 168 Å². The Morgan fingerprint density at radius 2 is 0.800 bits per heavy atom. The SMILES string of the molecule is COc1ccc(-c2c(-c3ccccc3)c3cc4c(-c5ccccc5)c(-c5ccc(C)cc5)c5ccc6ccsc6c5c4cc3c3c2ccc2ccsc23)cc1. The van der Waals surface area contributed by atoms with Crippen molar-refractivity contribution < 1.29 is 4.74 Å². The minimum Gasteiger partial charge on any atom is -0.497 e. The van der Waals surface area contributed by atoms with E-state index in [2.05, 4.69) is 175 Å². The molecule has 0 saturated heterocycles. The van der Waals surface area contributed by atoms with E-state index < -0.39 is 0 Å². The van der Waals surface area contributed by atoms with Crippen molar-refractivity contribution in [2.45, 2.75) is 6.92 Å². The summed E-state index contributed by atoms with van der Waals surface area (Å²) in [5, 5.41) is 17.3. The van der Waals surface area contributed by atoms with E-state index in [9.17, 15) is 0 Å². The van der Waals surface area contributed by atoms with Gasteiger partial charge in [0.05, 0.1) is 7.11 Å². The first-order valence-corrected chi connectivity index (χ1v) is 20.4. The lowest BCUT2D eigenvalue weighted by molar-refractivity contribution is 0.415. The molecule has 9 aromatic carbocycles. The Kier molecular flexibility index (Phi) is 7.41. The van der Waals surface area contributed by atoms with Gasteiger partial charge in [0.15, 0.2) is 0 Å². The second-order valence-corrected chi connectivity index (χ2v) is 16.3. The van der Waals surface area contributed by atoms with Crippen LogP contribution in [0.25, 0.3) is 108 Å². The van der Waals surface area contributed by atoms with Gasteiger partial charge in [-0.1, -0.05) is 127 Å². The molecule has 260 valence electrons. The minimum absolute atomic E-state index is 0.852. The number of hydrogen-bond acceptors (Lipinski definition) is 3. The van der Waals surface area contributed by atoms with Gasteiger partial charge in [-0.25, -0.2) is 0 Å². The Labute approximate surface area is 327 Å². The Morgan fingerprint density at radius 1 is 0.382 bits per heavy atom. The molecular formula is C52H34OS2. The molecular weight excluding hydrogens is 705 g/mol. The van der Waals surface area contributed by atoms with Gasteiger partial charge in [0, 0.05) is 20.2 Å². The molecule has 55 heavy (non-hydrogen) atoms. The number of hydrogen-bond donors (Lipinski definition) is 0. The number of aryl methyl sites for hydroxylation is 1. The maximum absolute atomic E-state index is 5.64. The maximum atomic E-state index is 5.64. The highest BCUT2D eigenvalue weighted by Crippen LogP contribution is 2.52. The lowest BCUT2D eigenvalue weighted by Gasteiger charge is -2.23. The van der Waals surface area contributed by atoms with Crippen molar-refractivity contribution in [3.05, 3.63) is 174 Å². The number of fused-ring (bicyclic) bond motifs is 10.